The number of carbonyl (C=O) groups is 1. The zero-order valence-electron chi connectivity index (χ0n) is 17.4. The lowest BCUT2D eigenvalue weighted by molar-refractivity contribution is -0.142. The van der Waals surface area contributed by atoms with E-state index in [0.717, 1.165) is 5.56 Å². The molecule has 9 nitrogen and oxygen atoms in total. The maximum absolute atomic E-state index is 12.3. The van der Waals surface area contributed by atoms with Crippen LogP contribution in [0.3, 0.4) is 0 Å². The van der Waals surface area contributed by atoms with Gasteiger partial charge in [-0.1, -0.05) is 18.2 Å². The Kier molecular flexibility index (Phi) is 7.56. The van der Waals surface area contributed by atoms with Crippen LogP contribution in [0.1, 0.15) is 23.6 Å². The second-order valence-corrected chi connectivity index (χ2v) is 6.83. The van der Waals surface area contributed by atoms with E-state index >= 15 is 0 Å². The van der Waals surface area contributed by atoms with Crippen LogP contribution in [0.5, 0.6) is 11.5 Å². The van der Waals surface area contributed by atoms with Crippen LogP contribution in [-0.2, 0) is 27.4 Å². The van der Waals surface area contributed by atoms with E-state index < -0.39 is 17.2 Å². The Bertz CT molecular complexity index is 1260. The number of nitrogens with one attached hydrogen (secondary N) is 1. The van der Waals surface area contributed by atoms with Gasteiger partial charge >= 0.3 is 11.7 Å². The van der Waals surface area contributed by atoms with E-state index in [1.807, 2.05) is 6.07 Å². The number of hydrogen-bond donors (Lipinski definition) is 1. The fourth-order valence-corrected chi connectivity index (χ4v) is 2.89. The normalized spacial score (nSPS) is 10.4. The number of aromatic nitrogens is 2. The van der Waals surface area contributed by atoms with Crippen molar-refractivity contribution in [1.29, 1.82) is 5.26 Å². The minimum absolute atomic E-state index is 0.0738. The van der Waals surface area contributed by atoms with Gasteiger partial charge in [0.2, 0.25) is 0 Å². The third-order valence-electron chi connectivity index (χ3n) is 4.34. The summed E-state index contributed by atoms with van der Waals surface area (Å²) in [4.78, 5) is 37.3. The fraction of sp³-hybridized carbons (Fsp3) is 0.217. The first-order valence-corrected chi connectivity index (χ1v) is 9.75. The van der Waals surface area contributed by atoms with Crippen molar-refractivity contribution in [2.24, 2.45) is 0 Å². The molecular weight excluding hydrogens is 414 g/mol. The average Bonchev–Trinajstić information content (AvgIpc) is 2.76. The lowest BCUT2D eigenvalue weighted by Gasteiger charge is -2.10. The predicted octanol–water partition coefficient (Wildman–Crippen LogP) is 2.33. The number of aromatic amines is 1. The number of nitrogens with zero attached hydrogens (tertiary/aromatic N) is 2. The Labute approximate surface area is 183 Å². The SMILES string of the molecule is CC(=O)OCCOCn1cc(Cc2cccc(Oc3cccc(C#N)c3)c2)c(=O)[nH]c1=O. The van der Waals surface area contributed by atoms with Crippen LogP contribution >= 0.6 is 0 Å². The Morgan fingerprint density at radius 1 is 1.09 bits per heavy atom. The van der Waals surface area contributed by atoms with Crippen molar-refractivity contribution in [3.63, 3.8) is 0 Å². The van der Waals surface area contributed by atoms with Gasteiger partial charge in [0.25, 0.3) is 5.56 Å². The molecule has 1 heterocycles. The van der Waals surface area contributed by atoms with Crippen molar-refractivity contribution in [3.8, 4) is 17.6 Å². The van der Waals surface area contributed by atoms with Gasteiger partial charge in [-0.05, 0) is 35.9 Å². The Hall–Kier alpha value is -4.16. The van der Waals surface area contributed by atoms with E-state index in [1.165, 1.54) is 17.7 Å². The molecule has 0 unspecified atom stereocenters. The molecule has 0 saturated carbocycles. The predicted molar refractivity (Wildman–Crippen MR) is 114 cm³/mol. The van der Waals surface area contributed by atoms with Crippen molar-refractivity contribution in [2.45, 2.75) is 20.1 Å². The van der Waals surface area contributed by atoms with Gasteiger partial charge in [-0.3, -0.25) is 19.1 Å². The molecule has 0 aliphatic heterocycles. The summed E-state index contributed by atoms with van der Waals surface area (Å²) in [6.45, 7) is 1.39. The molecule has 0 spiro atoms. The highest BCUT2D eigenvalue weighted by Crippen LogP contribution is 2.23. The van der Waals surface area contributed by atoms with E-state index in [1.54, 1.807) is 42.5 Å². The first-order valence-electron chi connectivity index (χ1n) is 9.75. The largest absolute Gasteiger partial charge is 0.463 e. The summed E-state index contributed by atoms with van der Waals surface area (Å²) in [5.74, 6) is 0.663. The third-order valence-corrected chi connectivity index (χ3v) is 4.34. The van der Waals surface area contributed by atoms with E-state index in [2.05, 4.69) is 11.1 Å². The molecule has 0 bridgehead atoms. The van der Waals surface area contributed by atoms with E-state index in [9.17, 15) is 14.4 Å². The first kappa shape index (κ1) is 22.5. The Morgan fingerprint density at radius 2 is 1.84 bits per heavy atom. The van der Waals surface area contributed by atoms with Crippen LogP contribution in [0.4, 0.5) is 0 Å². The van der Waals surface area contributed by atoms with Gasteiger partial charge < -0.3 is 14.2 Å². The lowest BCUT2D eigenvalue weighted by atomic mass is 10.1. The molecule has 0 fully saturated rings. The highest BCUT2D eigenvalue weighted by molar-refractivity contribution is 5.65. The topological polar surface area (TPSA) is 123 Å². The summed E-state index contributed by atoms with van der Waals surface area (Å²) < 4.78 is 17.1. The Balaban J connectivity index is 1.70. The fourth-order valence-electron chi connectivity index (χ4n) is 2.89. The van der Waals surface area contributed by atoms with Crippen molar-refractivity contribution < 1.29 is 19.0 Å². The molecule has 0 amide bonds. The molecule has 32 heavy (non-hydrogen) atoms. The first-order chi connectivity index (χ1) is 15.4. The van der Waals surface area contributed by atoms with Crippen molar-refractivity contribution in [3.05, 3.63) is 92.3 Å². The molecular formula is C23H21N3O6. The van der Waals surface area contributed by atoms with Crippen LogP contribution in [-0.4, -0.2) is 28.7 Å². The number of hydrogen-bond acceptors (Lipinski definition) is 7. The maximum Gasteiger partial charge on any atom is 0.330 e. The van der Waals surface area contributed by atoms with E-state index in [-0.39, 0.29) is 26.4 Å². The highest BCUT2D eigenvalue weighted by atomic mass is 16.6. The number of ether oxygens (including phenoxy) is 3. The summed E-state index contributed by atoms with van der Waals surface area (Å²) in [6.07, 6.45) is 1.70. The molecule has 3 rings (SSSR count). The summed E-state index contributed by atoms with van der Waals surface area (Å²) in [5, 5.41) is 9.02. The third kappa shape index (κ3) is 6.42. The summed E-state index contributed by atoms with van der Waals surface area (Å²) in [5.41, 5.74) is 0.574. The second-order valence-electron chi connectivity index (χ2n) is 6.83. The van der Waals surface area contributed by atoms with Gasteiger partial charge in [-0.25, -0.2) is 4.79 Å². The standard InChI is InChI=1S/C23H21N3O6/c1-16(27)31-9-8-30-15-26-14-19(22(28)25-23(26)29)10-17-4-2-6-20(11-17)32-21-7-3-5-18(12-21)13-24/h2-7,11-12,14H,8-10,15H2,1H3,(H,25,28,29). The van der Waals surface area contributed by atoms with Gasteiger partial charge in [0.15, 0.2) is 0 Å². The maximum atomic E-state index is 12.3. The number of esters is 1. The van der Waals surface area contributed by atoms with Crippen LogP contribution in [0.15, 0.2) is 64.3 Å². The molecule has 1 aromatic heterocycles. The zero-order chi connectivity index (χ0) is 22.9. The molecule has 2 aromatic carbocycles. The van der Waals surface area contributed by atoms with Gasteiger partial charge in [0.05, 0.1) is 18.2 Å². The summed E-state index contributed by atoms with van der Waals surface area (Å²) >= 11 is 0. The summed E-state index contributed by atoms with van der Waals surface area (Å²) in [6, 6.07) is 16.0. The lowest BCUT2D eigenvalue weighted by Crippen LogP contribution is -2.32. The molecule has 0 atom stereocenters. The minimum Gasteiger partial charge on any atom is -0.463 e. The van der Waals surface area contributed by atoms with Crippen LogP contribution < -0.4 is 16.0 Å². The molecule has 9 heteroatoms. The van der Waals surface area contributed by atoms with Crippen molar-refractivity contribution >= 4 is 5.97 Å². The molecule has 164 valence electrons. The average molecular weight is 435 g/mol. The zero-order valence-corrected chi connectivity index (χ0v) is 17.4. The van der Waals surface area contributed by atoms with Crippen LogP contribution in [0.25, 0.3) is 0 Å². The molecule has 0 radical (unpaired) electrons. The molecule has 0 saturated heterocycles. The smallest absolute Gasteiger partial charge is 0.330 e. The molecule has 0 aliphatic carbocycles. The van der Waals surface area contributed by atoms with Crippen LogP contribution in [0, 0.1) is 11.3 Å². The van der Waals surface area contributed by atoms with Crippen LogP contribution in [0.2, 0.25) is 0 Å². The van der Waals surface area contributed by atoms with E-state index in [4.69, 9.17) is 19.5 Å². The molecule has 1 N–H and O–H groups in total. The van der Waals surface area contributed by atoms with E-state index in [0.29, 0.717) is 22.6 Å². The Morgan fingerprint density at radius 3 is 2.59 bits per heavy atom. The van der Waals surface area contributed by atoms with Crippen molar-refractivity contribution in [2.75, 3.05) is 13.2 Å². The molecule has 0 aliphatic rings. The number of rotatable bonds is 9. The highest BCUT2D eigenvalue weighted by Gasteiger charge is 2.08. The number of benzene rings is 2. The second kappa shape index (κ2) is 10.7. The summed E-state index contributed by atoms with van der Waals surface area (Å²) in [7, 11) is 0. The number of H-pyrrole nitrogens is 1. The van der Waals surface area contributed by atoms with Crippen molar-refractivity contribution in [1.82, 2.24) is 9.55 Å². The van der Waals surface area contributed by atoms with Gasteiger partial charge in [-0.2, -0.15) is 5.26 Å². The monoisotopic (exact) mass is 435 g/mol. The van der Waals surface area contributed by atoms with Gasteiger partial charge in [-0.15, -0.1) is 0 Å². The number of carbonyl (C=O) groups excluding carboxylic acids is 1. The molecule has 3 aromatic rings. The van der Waals surface area contributed by atoms with Gasteiger partial charge in [0, 0.05) is 25.1 Å². The minimum atomic E-state index is -0.597. The number of nitriles is 1. The quantitative estimate of drug-likeness (QED) is 0.404. The van der Waals surface area contributed by atoms with Gasteiger partial charge in [0.1, 0.15) is 24.8 Å².